The second-order valence-corrected chi connectivity index (χ2v) is 4.10. The van der Waals surface area contributed by atoms with Gasteiger partial charge in [0.25, 0.3) is 0 Å². The van der Waals surface area contributed by atoms with E-state index in [9.17, 15) is 5.11 Å². The van der Waals surface area contributed by atoms with Gasteiger partial charge in [0, 0.05) is 23.2 Å². The van der Waals surface area contributed by atoms with Gasteiger partial charge in [0.2, 0.25) is 0 Å². The van der Waals surface area contributed by atoms with E-state index < -0.39 is 0 Å². The molecule has 0 saturated heterocycles. The molecule has 4 nitrogen and oxygen atoms in total. The third-order valence-corrected chi connectivity index (χ3v) is 2.83. The number of phenolic OH excluding ortho intramolecular Hbond substituents is 1. The van der Waals surface area contributed by atoms with Crippen molar-refractivity contribution in [1.82, 2.24) is 9.78 Å². The van der Waals surface area contributed by atoms with Gasteiger partial charge in [-0.2, -0.15) is 5.10 Å². The van der Waals surface area contributed by atoms with Gasteiger partial charge >= 0.3 is 0 Å². The molecule has 2 rings (SSSR count). The van der Waals surface area contributed by atoms with Crippen LogP contribution in [0.5, 0.6) is 5.75 Å². The van der Waals surface area contributed by atoms with E-state index in [1.165, 1.54) is 0 Å². The van der Waals surface area contributed by atoms with Crippen molar-refractivity contribution in [3.8, 4) is 17.0 Å². The van der Waals surface area contributed by atoms with Crippen molar-refractivity contribution in [3.05, 3.63) is 28.7 Å². The Bertz CT molecular complexity index is 488. The number of anilines is 1. The third kappa shape index (κ3) is 1.83. The molecule has 78 valence electrons. The highest BCUT2D eigenvalue weighted by Crippen LogP contribution is 2.31. The fraction of sp³-hybridized carbons (Fsp3) is 0.100. The summed E-state index contributed by atoms with van der Waals surface area (Å²) in [7, 11) is 1.77. The maximum absolute atomic E-state index is 9.39. The Hall–Kier alpha value is -1.49. The first-order chi connectivity index (χ1) is 7.08. The van der Waals surface area contributed by atoms with Gasteiger partial charge in [-0.15, -0.1) is 0 Å². The molecule has 1 aromatic heterocycles. The maximum atomic E-state index is 9.39. The van der Waals surface area contributed by atoms with Crippen molar-refractivity contribution in [2.24, 2.45) is 7.05 Å². The summed E-state index contributed by atoms with van der Waals surface area (Å²) < 4.78 is 2.46. The molecule has 0 bridgehead atoms. The summed E-state index contributed by atoms with van der Waals surface area (Å²) in [5, 5.41) is 13.6. The molecule has 0 unspecified atom stereocenters. The van der Waals surface area contributed by atoms with E-state index in [0.29, 0.717) is 5.82 Å². The minimum atomic E-state index is 0.206. The van der Waals surface area contributed by atoms with Crippen LogP contribution in [0.3, 0.4) is 0 Å². The van der Waals surface area contributed by atoms with E-state index in [2.05, 4.69) is 21.0 Å². The van der Waals surface area contributed by atoms with Crippen LogP contribution in [0.2, 0.25) is 0 Å². The Morgan fingerprint density at radius 2 is 2.13 bits per heavy atom. The van der Waals surface area contributed by atoms with Gasteiger partial charge in [-0.05, 0) is 18.2 Å². The van der Waals surface area contributed by atoms with Crippen molar-refractivity contribution >= 4 is 21.7 Å². The molecule has 2 aromatic rings. The van der Waals surface area contributed by atoms with Gasteiger partial charge in [0.05, 0.1) is 5.69 Å². The monoisotopic (exact) mass is 267 g/mol. The molecular formula is C10H10BrN3O. The number of aromatic hydroxyl groups is 1. The van der Waals surface area contributed by atoms with E-state index in [4.69, 9.17) is 5.73 Å². The van der Waals surface area contributed by atoms with Gasteiger partial charge in [-0.25, -0.2) is 0 Å². The van der Waals surface area contributed by atoms with Crippen molar-refractivity contribution in [3.63, 3.8) is 0 Å². The first-order valence-corrected chi connectivity index (χ1v) is 5.15. The summed E-state index contributed by atoms with van der Waals surface area (Å²) in [6.07, 6.45) is 0. The number of halogens is 1. The standard InChI is InChI=1S/C10H10BrN3O/c1-14-10(12)5-9(13-14)7-4-6(15)2-3-8(7)11/h2-5,15H,12H2,1H3. The van der Waals surface area contributed by atoms with Crippen LogP contribution in [-0.2, 0) is 7.05 Å². The summed E-state index contributed by atoms with van der Waals surface area (Å²) in [5.74, 6) is 0.790. The molecular weight excluding hydrogens is 258 g/mol. The first kappa shape index (κ1) is 10.0. The molecule has 3 N–H and O–H groups in total. The average Bonchev–Trinajstić information content (AvgIpc) is 2.51. The molecule has 0 aliphatic carbocycles. The lowest BCUT2D eigenvalue weighted by Gasteiger charge is -2.01. The topological polar surface area (TPSA) is 64.1 Å². The quantitative estimate of drug-likeness (QED) is 0.832. The van der Waals surface area contributed by atoms with Crippen LogP contribution in [0.15, 0.2) is 28.7 Å². The number of aryl methyl sites for hydroxylation is 1. The lowest BCUT2D eigenvalue weighted by Crippen LogP contribution is -1.96. The van der Waals surface area contributed by atoms with Gasteiger partial charge in [0.15, 0.2) is 0 Å². The molecule has 5 heteroatoms. The molecule has 0 aliphatic heterocycles. The number of rotatable bonds is 1. The Kier molecular flexibility index (Phi) is 2.40. The van der Waals surface area contributed by atoms with E-state index in [1.54, 1.807) is 36.0 Å². The number of benzene rings is 1. The molecule has 0 aliphatic rings. The van der Waals surface area contributed by atoms with Crippen LogP contribution < -0.4 is 5.73 Å². The number of aromatic nitrogens is 2. The smallest absolute Gasteiger partial charge is 0.121 e. The number of nitrogens with two attached hydrogens (primary N) is 1. The van der Waals surface area contributed by atoms with Crippen LogP contribution >= 0.6 is 15.9 Å². The van der Waals surface area contributed by atoms with E-state index >= 15 is 0 Å². The summed E-state index contributed by atoms with van der Waals surface area (Å²) in [6.45, 7) is 0. The highest BCUT2D eigenvalue weighted by atomic mass is 79.9. The molecule has 15 heavy (non-hydrogen) atoms. The van der Waals surface area contributed by atoms with Crippen molar-refractivity contribution in [2.45, 2.75) is 0 Å². The van der Waals surface area contributed by atoms with E-state index in [-0.39, 0.29) is 5.75 Å². The normalized spacial score (nSPS) is 10.5. The van der Waals surface area contributed by atoms with Crippen molar-refractivity contribution < 1.29 is 5.11 Å². The number of phenols is 1. The lowest BCUT2D eigenvalue weighted by atomic mass is 10.1. The van der Waals surface area contributed by atoms with Gasteiger partial charge in [-0.3, -0.25) is 4.68 Å². The zero-order valence-corrected chi connectivity index (χ0v) is 9.69. The fourth-order valence-corrected chi connectivity index (χ4v) is 1.77. The molecule has 1 heterocycles. The molecule has 0 saturated carbocycles. The van der Waals surface area contributed by atoms with Crippen molar-refractivity contribution in [2.75, 3.05) is 5.73 Å². The molecule has 0 amide bonds. The molecule has 0 spiro atoms. The lowest BCUT2D eigenvalue weighted by molar-refractivity contribution is 0.475. The average molecular weight is 268 g/mol. The fourth-order valence-electron chi connectivity index (χ4n) is 1.32. The molecule has 0 radical (unpaired) electrons. The second kappa shape index (κ2) is 3.58. The molecule has 0 fully saturated rings. The number of nitrogen functional groups attached to an aromatic ring is 1. The Labute approximate surface area is 95.5 Å². The van der Waals surface area contributed by atoms with Crippen LogP contribution in [0.25, 0.3) is 11.3 Å². The van der Waals surface area contributed by atoms with E-state index in [1.807, 2.05) is 0 Å². The summed E-state index contributed by atoms with van der Waals surface area (Å²) in [6, 6.07) is 6.79. The summed E-state index contributed by atoms with van der Waals surface area (Å²) in [4.78, 5) is 0. The second-order valence-electron chi connectivity index (χ2n) is 3.24. The highest BCUT2D eigenvalue weighted by molar-refractivity contribution is 9.10. The molecule has 0 atom stereocenters. The van der Waals surface area contributed by atoms with Gasteiger partial charge in [-0.1, -0.05) is 15.9 Å². The minimum absolute atomic E-state index is 0.206. The van der Waals surface area contributed by atoms with E-state index in [0.717, 1.165) is 15.7 Å². The van der Waals surface area contributed by atoms with Gasteiger partial charge in [0.1, 0.15) is 11.6 Å². The predicted molar refractivity (Wildman–Crippen MR) is 62.4 cm³/mol. The van der Waals surface area contributed by atoms with Crippen LogP contribution in [0, 0.1) is 0 Å². The summed E-state index contributed by atoms with van der Waals surface area (Å²) >= 11 is 3.40. The predicted octanol–water partition coefficient (Wildman–Crippen LogP) is 2.14. The zero-order chi connectivity index (χ0) is 11.0. The highest BCUT2D eigenvalue weighted by Gasteiger charge is 2.09. The molecule has 1 aromatic carbocycles. The van der Waals surface area contributed by atoms with Crippen LogP contribution in [0.4, 0.5) is 5.82 Å². The number of nitrogens with zero attached hydrogens (tertiary/aromatic N) is 2. The third-order valence-electron chi connectivity index (χ3n) is 2.14. The van der Waals surface area contributed by atoms with Crippen LogP contribution in [0.1, 0.15) is 0 Å². The number of hydrogen-bond donors (Lipinski definition) is 2. The van der Waals surface area contributed by atoms with Gasteiger partial charge < -0.3 is 10.8 Å². The largest absolute Gasteiger partial charge is 0.508 e. The van der Waals surface area contributed by atoms with Crippen molar-refractivity contribution in [1.29, 1.82) is 0 Å². The SMILES string of the molecule is Cn1nc(-c2cc(O)ccc2Br)cc1N. The Morgan fingerprint density at radius 1 is 1.40 bits per heavy atom. The maximum Gasteiger partial charge on any atom is 0.121 e. The Morgan fingerprint density at radius 3 is 2.73 bits per heavy atom. The zero-order valence-electron chi connectivity index (χ0n) is 8.11. The first-order valence-electron chi connectivity index (χ1n) is 4.36. The Balaban J connectivity index is 2.58. The summed E-state index contributed by atoms with van der Waals surface area (Å²) in [5.41, 5.74) is 7.24. The number of hydrogen-bond acceptors (Lipinski definition) is 3. The van der Waals surface area contributed by atoms with Crippen LogP contribution in [-0.4, -0.2) is 14.9 Å². The minimum Gasteiger partial charge on any atom is -0.508 e.